The molecule has 2 aromatic carbocycles. The third-order valence-electron chi connectivity index (χ3n) is 6.87. The zero-order chi connectivity index (χ0) is 21.4. The van der Waals surface area contributed by atoms with E-state index in [4.69, 9.17) is 9.47 Å². The van der Waals surface area contributed by atoms with Crippen molar-refractivity contribution in [1.29, 1.82) is 0 Å². The van der Waals surface area contributed by atoms with Gasteiger partial charge in [-0.1, -0.05) is 42.5 Å². The number of methoxy groups -OCH3 is 1. The highest BCUT2D eigenvalue weighted by Gasteiger charge is 2.60. The molecule has 31 heavy (non-hydrogen) atoms. The molecule has 1 amide bonds. The number of benzene rings is 2. The van der Waals surface area contributed by atoms with Crippen molar-refractivity contribution < 1.29 is 19.1 Å². The number of para-hydroxylation sites is 2. The van der Waals surface area contributed by atoms with Crippen LogP contribution in [-0.4, -0.2) is 42.7 Å². The maximum atomic E-state index is 12.9. The van der Waals surface area contributed by atoms with Crippen LogP contribution in [0.25, 0.3) is 0 Å². The number of anilines is 1. The van der Waals surface area contributed by atoms with E-state index in [2.05, 4.69) is 23.5 Å². The lowest BCUT2D eigenvalue weighted by atomic mass is 9.59. The van der Waals surface area contributed by atoms with Crippen LogP contribution in [0.5, 0.6) is 5.75 Å². The van der Waals surface area contributed by atoms with Crippen molar-refractivity contribution in [3.8, 4) is 5.75 Å². The average molecular weight is 418 g/mol. The van der Waals surface area contributed by atoms with Crippen LogP contribution in [0.2, 0.25) is 0 Å². The number of amides is 1. The zero-order valence-electron chi connectivity index (χ0n) is 17.5. The summed E-state index contributed by atoms with van der Waals surface area (Å²) in [7, 11) is 1.43. The normalized spacial score (nSPS) is 26.4. The second-order valence-electron chi connectivity index (χ2n) is 8.41. The molecule has 1 N–H and O–H groups in total. The van der Waals surface area contributed by atoms with Crippen LogP contribution in [-0.2, 0) is 9.53 Å². The van der Waals surface area contributed by atoms with Crippen molar-refractivity contribution in [2.24, 2.45) is 5.92 Å². The van der Waals surface area contributed by atoms with Crippen molar-refractivity contribution in [2.75, 3.05) is 25.5 Å². The van der Waals surface area contributed by atoms with Crippen LogP contribution in [0.15, 0.2) is 66.2 Å². The number of hydrogen-bond acceptors (Lipinski definition) is 5. The molecule has 1 aliphatic carbocycles. The van der Waals surface area contributed by atoms with Gasteiger partial charge in [-0.2, -0.15) is 0 Å². The number of carbonyl (C=O) groups is 2. The molecule has 2 unspecified atom stereocenters. The summed E-state index contributed by atoms with van der Waals surface area (Å²) in [5.74, 6) is 0.564. The monoisotopic (exact) mass is 418 g/mol. The van der Waals surface area contributed by atoms with Crippen molar-refractivity contribution in [1.82, 2.24) is 4.90 Å². The van der Waals surface area contributed by atoms with Gasteiger partial charge < -0.3 is 19.7 Å². The lowest BCUT2D eigenvalue weighted by Gasteiger charge is -2.49. The number of rotatable bonds is 2. The number of carbonyl (C=O) groups excluding carboxylic acids is 2. The van der Waals surface area contributed by atoms with E-state index in [0.29, 0.717) is 24.4 Å². The summed E-state index contributed by atoms with van der Waals surface area (Å²) in [6.07, 6.45) is 4.18. The largest absolute Gasteiger partial charge is 0.466 e. The predicted octanol–water partition coefficient (Wildman–Crippen LogP) is 4.35. The maximum Gasteiger partial charge on any atom is 0.415 e. The minimum absolute atomic E-state index is 0.0814. The predicted molar refractivity (Wildman–Crippen MR) is 117 cm³/mol. The molecule has 3 aliphatic rings. The summed E-state index contributed by atoms with van der Waals surface area (Å²) in [6.45, 7) is 1.20. The Balaban J connectivity index is 1.43. The van der Waals surface area contributed by atoms with Gasteiger partial charge in [0.1, 0.15) is 5.75 Å². The Kier molecular flexibility index (Phi) is 4.93. The van der Waals surface area contributed by atoms with Gasteiger partial charge in [0, 0.05) is 30.6 Å². The Bertz CT molecular complexity index is 1030. The fraction of sp³-hybridized carbons (Fsp3) is 0.360. The Morgan fingerprint density at radius 3 is 2.61 bits per heavy atom. The Labute approximate surface area is 181 Å². The first-order valence-corrected chi connectivity index (χ1v) is 10.8. The molecule has 0 bridgehead atoms. The molecule has 2 aliphatic heterocycles. The summed E-state index contributed by atoms with van der Waals surface area (Å²) in [5.41, 5.74) is 2.50. The van der Waals surface area contributed by atoms with E-state index >= 15 is 0 Å². The molecular formula is C25H26N2O4. The third kappa shape index (κ3) is 3.17. The highest BCUT2D eigenvalue weighted by Crippen LogP contribution is 2.58. The minimum Gasteiger partial charge on any atom is -0.466 e. The first kappa shape index (κ1) is 19.7. The number of hydrogen-bond donors (Lipinski definition) is 1. The number of ether oxygens (including phenoxy) is 2. The summed E-state index contributed by atoms with van der Waals surface area (Å²) >= 11 is 0. The van der Waals surface area contributed by atoms with Gasteiger partial charge in [0.15, 0.2) is 0 Å². The topological polar surface area (TPSA) is 67.9 Å². The molecule has 1 fully saturated rings. The van der Waals surface area contributed by atoms with Crippen molar-refractivity contribution in [3.63, 3.8) is 0 Å². The van der Waals surface area contributed by atoms with E-state index in [0.717, 1.165) is 24.9 Å². The first-order valence-electron chi connectivity index (χ1n) is 10.8. The molecule has 6 nitrogen and oxygen atoms in total. The van der Waals surface area contributed by atoms with Crippen molar-refractivity contribution in [2.45, 2.75) is 30.7 Å². The second kappa shape index (κ2) is 7.76. The number of fused-ring (bicyclic) bond motifs is 2. The lowest BCUT2D eigenvalue weighted by Crippen LogP contribution is -2.56. The van der Waals surface area contributed by atoms with Crippen LogP contribution < -0.4 is 10.1 Å². The van der Waals surface area contributed by atoms with Crippen LogP contribution in [0.4, 0.5) is 10.5 Å². The van der Waals surface area contributed by atoms with Gasteiger partial charge in [0.05, 0.1) is 18.2 Å². The van der Waals surface area contributed by atoms with Gasteiger partial charge in [-0.3, -0.25) is 0 Å². The highest BCUT2D eigenvalue weighted by molar-refractivity contribution is 5.96. The van der Waals surface area contributed by atoms with Crippen LogP contribution in [0.3, 0.4) is 0 Å². The van der Waals surface area contributed by atoms with Gasteiger partial charge in [-0.05, 0) is 43.0 Å². The summed E-state index contributed by atoms with van der Waals surface area (Å²) < 4.78 is 10.7. The van der Waals surface area contributed by atoms with E-state index in [1.54, 1.807) is 17.0 Å². The fourth-order valence-electron chi connectivity index (χ4n) is 5.43. The van der Waals surface area contributed by atoms with Gasteiger partial charge in [-0.25, -0.2) is 9.59 Å². The number of esters is 1. The molecule has 0 saturated carbocycles. The molecule has 6 heteroatoms. The molecular weight excluding hydrogens is 392 g/mol. The molecule has 2 aromatic rings. The molecule has 0 radical (unpaired) electrons. The smallest absolute Gasteiger partial charge is 0.415 e. The van der Waals surface area contributed by atoms with Crippen LogP contribution in [0, 0.1) is 5.92 Å². The highest BCUT2D eigenvalue weighted by atomic mass is 16.6. The van der Waals surface area contributed by atoms with Gasteiger partial charge >= 0.3 is 12.1 Å². The Morgan fingerprint density at radius 1 is 1.03 bits per heavy atom. The SMILES string of the molecule is COC(=O)C1=CC2CCCN(C(=O)Oc3ccccc3)CC[C@@H]3c4ccccc4NC123. The number of nitrogens with one attached hydrogen (secondary N) is 1. The van der Waals surface area contributed by atoms with E-state index in [-0.39, 0.29) is 23.9 Å². The molecule has 3 atom stereocenters. The van der Waals surface area contributed by atoms with Crippen LogP contribution >= 0.6 is 0 Å². The molecule has 5 rings (SSSR count). The van der Waals surface area contributed by atoms with Crippen molar-refractivity contribution in [3.05, 3.63) is 71.8 Å². The lowest BCUT2D eigenvalue weighted by molar-refractivity contribution is -0.137. The summed E-state index contributed by atoms with van der Waals surface area (Å²) in [4.78, 5) is 27.3. The van der Waals surface area contributed by atoms with Gasteiger partial charge in [0.2, 0.25) is 0 Å². The quantitative estimate of drug-likeness (QED) is 0.735. The third-order valence-corrected chi connectivity index (χ3v) is 6.87. The van der Waals surface area contributed by atoms with Crippen molar-refractivity contribution >= 4 is 17.7 Å². The maximum absolute atomic E-state index is 12.9. The van der Waals surface area contributed by atoms with E-state index in [1.165, 1.54) is 12.7 Å². The van der Waals surface area contributed by atoms with Gasteiger partial charge in [0.25, 0.3) is 0 Å². The van der Waals surface area contributed by atoms with Crippen LogP contribution in [0.1, 0.15) is 30.7 Å². The van der Waals surface area contributed by atoms with E-state index < -0.39 is 5.54 Å². The Hall–Kier alpha value is -3.28. The zero-order valence-corrected chi connectivity index (χ0v) is 17.5. The average Bonchev–Trinajstić information content (AvgIpc) is 3.16. The van der Waals surface area contributed by atoms with E-state index in [9.17, 15) is 9.59 Å². The second-order valence-corrected chi connectivity index (χ2v) is 8.41. The molecule has 2 heterocycles. The first-order chi connectivity index (χ1) is 15.1. The molecule has 1 saturated heterocycles. The van der Waals surface area contributed by atoms with Gasteiger partial charge in [-0.15, -0.1) is 0 Å². The minimum atomic E-state index is -0.462. The molecule has 1 spiro atoms. The molecule has 0 aromatic heterocycles. The standard InChI is InChI=1S/C25H26N2O4/c1-30-23(28)21-16-17-8-7-14-27(24(29)31-18-9-3-2-4-10-18)15-13-20-19-11-5-6-12-22(19)26-25(17,20)21/h2-6,9-12,16-17,20,26H,7-8,13-15H2,1H3/t17?,20-,25?/m1/s1. The fourth-order valence-corrected chi connectivity index (χ4v) is 5.43. The summed E-state index contributed by atoms with van der Waals surface area (Å²) in [6, 6.07) is 17.4. The van der Waals surface area contributed by atoms with E-state index in [1.807, 2.05) is 30.3 Å². The Morgan fingerprint density at radius 2 is 1.81 bits per heavy atom. The molecule has 160 valence electrons. The number of nitrogens with zero attached hydrogens (tertiary/aromatic N) is 1. The summed E-state index contributed by atoms with van der Waals surface area (Å²) in [5, 5.41) is 3.69.